The van der Waals surface area contributed by atoms with Crippen molar-refractivity contribution in [1.29, 1.82) is 0 Å². The molecular weight excluding hydrogens is 482 g/mol. The first kappa shape index (κ1) is 23.6. The Bertz CT molecular complexity index is 1540. The molecule has 2 aliphatic rings. The minimum atomic E-state index is -0.845. The predicted molar refractivity (Wildman–Crippen MR) is 140 cm³/mol. The Labute approximate surface area is 219 Å². The molecule has 3 aromatic carbocycles. The summed E-state index contributed by atoms with van der Waals surface area (Å²) in [6.07, 6.45) is 2.25. The molecule has 1 N–H and O–H groups in total. The van der Waals surface area contributed by atoms with Crippen molar-refractivity contribution in [3.8, 4) is 17.2 Å². The lowest BCUT2D eigenvalue weighted by atomic mass is 9.94. The topological polar surface area (TPSA) is 89.2 Å². The third-order valence-electron chi connectivity index (χ3n) is 6.77. The number of aliphatic hydroxyl groups is 1. The van der Waals surface area contributed by atoms with E-state index < -0.39 is 17.7 Å². The van der Waals surface area contributed by atoms with Crippen molar-refractivity contribution < 1.29 is 28.6 Å². The molecule has 1 saturated heterocycles. The highest BCUT2D eigenvalue weighted by molar-refractivity contribution is 6.46. The second kappa shape index (κ2) is 9.59. The van der Waals surface area contributed by atoms with Gasteiger partial charge in [0.2, 0.25) is 0 Å². The summed E-state index contributed by atoms with van der Waals surface area (Å²) in [4.78, 5) is 28.1. The van der Waals surface area contributed by atoms with E-state index in [4.69, 9.17) is 13.9 Å². The summed E-state index contributed by atoms with van der Waals surface area (Å²) in [5, 5.41) is 11.5. The van der Waals surface area contributed by atoms with Gasteiger partial charge >= 0.3 is 0 Å². The minimum absolute atomic E-state index is 0.0188. The Morgan fingerprint density at radius 3 is 2.58 bits per heavy atom. The molecule has 6 rings (SSSR count). The van der Waals surface area contributed by atoms with Gasteiger partial charge in [-0.15, -0.1) is 0 Å². The Hall–Kier alpha value is -4.78. The monoisotopic (exact) mass is 507 g/mol. The smallest absolute Gasteiger partial charge is 0.296 e. The molecule has 2 aliphatic heterocycles. The predicted octanol–water partition coefficient (Wildman–Crippen LogP) is 6.02. The molecule has 0 saturated carbocycles. The summed E-state index contributed by atoms with van der Waals surface area (Å²) < 4.78 is 17.3. The number of carbonyl (C=O) groups is 2. The van der Waals surface area contributed by atoms with Crippen molar-refractivity contribution in [2.45, 2.75) is 32.0 Å². The molecular formula is C31H25NO6. The van der Waals surface area contributed by atoms with Crippen LogP contribution in [0.4, 0.5) is 0 Å². The number of amides is 1. The number of para-hydroxylation sites is 1. The zero-order valence-corrected chi connectivity index (χ0v) is 20.7. The Morgan fingerprint density at radius 2 is 1.79 bits per heavy atom. The molecule has 3 heterocycles. The molecule has 7 nitrogen and oxygen atoms in total. The van der Waals surface area contributed by atoms with Crippen LogP contribution in [0.15, 0.2) is 101 Å². The average molecular weight is 508 g/mol. The van der Waals surface area contributed by atoms with E-state index >= 15 is 0 Å². The number of carbonyl (C=O) groups excluding carboxylic acids is 2. The van der Waals surface area contributed by atoms with Gasteiger partial charge in [0.15, 0.2) is 0 Å². The van der Waals surface area contributed by atoms with Crippen LogP contribution in [-0.2, 0) is 22.6 Å². The number of ketones is 1. The Morgan fingerprint density at radius 1 is 0.974 bits per heavy atom. The number of benzene rings is 3. The summed E-state index contributed by atoms with van der Waals surface area (Å²) in [7, 11) is 0. The van der Waals surface area contributed by atoms with Crippen LogP contribution in [0.2, 0.25) is 0 Å². The summed E-state index contributed by atoms with van der Waals surface area (Å²) in [6.45, 7) is 2.04. The molecule has 0 radical (unpaired) electrons. The van der Waals surface area contributed by atoms with Gasteiger partial charge in [0, 0.05) is 12.0 Å². The van der Waals surface area contributed by atoms with Crippen LogP contribution >= 0.6 is 0 Å². The number of aliphatic hydroxyl groups excluding tert-OH is 1. The Kier molecular flexibility index (Phi) is 5.96. The van der Waals surface area contributed by atoms with Gasteiger partial charge < -0.3 is 23.9 Å². The number of hydrogen-bond acceptors (Lipinski definition) is 6. The van der Waals surface area contributed by atoms with E-state index in [1.807, 2.05) is 49.4 Å². The lowest BCUT2D eigenvalue weighted by Crippen LogP contribution is -2.29. The first-order valence-corrected chi connectivity index (χ1v) is 12.4. The lowest BCUT2D eigenvalue weighted by molar-refractivity contribution is -0.140. The molecule has 1 fully saturated rings. The summed E-state index contributed by atoms with van der Waals surface area (Å²) in [5.74, 6) is 0.794. The molecule has 7 heteroatoms. The number of Topliss-reactive ketones (excluding diaryl/α,β-unsaturated/α-hetero) is 1. The fourth-order valence-corrected chi connectivity index (χ4v) is 5.06. The highest BCUT2D eigenvalue weighted by Gasteiger charge is 2.46. The maximum absolute atomic E-state index is 13.4. The zero-order chi connectivity index (χ0) is 26.2. The van der Waals surface area contributed by atoms with Crippen molar-refractivity contribution in [2.75, 3.05) is 0 Å². The number of hydrogen-bond donors (Lipinski definition) is 1. The van der Waals surface area contributed by atoms with Crippen LogP contribution < -0.4 is 9.47 Å². The number of rotatable bonds is 6. The van der Waals surface area contributed by atoms with Gasteiger partial charge in [-0.05, 0) is 72.6 Å². The van der Waals surface area contributed by atoms with E-state index in [-0.39, 0.29) is 24.0 Å². The first-order chi connectivity index (χ1) is 18.5. The average Bonchev–Trinajstić information content (AvgIpc) is 3.63. The minimum Gasteiger partial charge on any atom is -0.507 e. The Balaban J connectivity index is 1.45. The van der Waals surface area contributed by atoms with E-state index in [1.165, 1.54) is 11.2 Å². The quantitative estimate of drug-likeness (QED) is 0.195. The third-order valence-corrected chi connectivity index (χ3v) is 6.77. The molecule has 4 aromatic rings. The van der Waals surface area contributed by atoms with E-state index in [0.29, 0.717) is 34.8 Å². The molecule has 38 heavy (non-hydrogen) atoms. The van der Waals surface area contributed by atoms with Gasteiger partial charge in [-0.25, -0.2) is 0 Å². The number of fused-ring (bicyclic) bond motifs is 1. The zero-order valence-electron chi connectivity index (χ0n) is 20.7. The molecule has 0 bridgehead atoms. The second-order valence-electron chi connectivity index (χ2n) is 9.45. The molecule has 1 aromatic heterocycles. The molecule has 190 valence electrons. The van der Waals surface area contributed by atoms with Crippen molar-refractivity contribution in [1.82, 2.24) is 4.90 Å². The molecule has 1 amide bonds. The molecule has 0 spiro atoms. The van der Waals surface area contributed by atoms with E-state index in [0.717, 1.165) is 11.3 Å². The normalized spacial score (nSPS) is 19.9. The van der Waals surface area contributed by atoms with E-state index in [2.05, 4.69) is 0 Å². The molecule has 2 atom stereocenters. The summed E-state index contributed by atoms with van der Waals surface area (Å²) >= 11 is 0. The van der Waals surface area contributed by atoms with Gasteiger partial charge in [0.25, 0.3) is 11.7 Å². The van der Waals surface area contributed by atoms with Gasteiger partial charge in [-0.2, -0.15) is 0 Å². The van der Waals surface area contributed by atoms with Crippen LogP contribution in [0.25, 0.3) is 5.76 Å². The van der Waals surface area contributed by atoms with Crippen LogP contribution in [0.5, 0.6) is 17.2 Å². The number of nitrogens with zero attached hydrogens (tertiary/aromatic N) is 1. The van der Waals surface area contributed by atoms with Crippen LogP contribution in [0, 0.1) is 0 Å². The van der Waals surface area contributed by atoms with Crippen LogP contribution in [0.3, 0.4) is 0 Å². The van der Waals surface area contributed by atoms with Gasteiger partial charge in [0.1, 0.15) is 34.9 Å². The third kappa shape index (κ3) is 4.32. The number of likely N-dealkylation sites (tertiary alicyclic amines) is 1. The largest absolute Gasteiger partial charge is 0.507 e. The second-order valence-corrected chi connectivity index (χ2v) is 9.45. The van der Waals surface area contributed by atoms with Crippen LogP contribution in [0.1, 0.15) is 35.4 Å². The van der Waals surface area contributed by atoms with Crippen molar-refractivity contribution in [3.63, 3.8) is 0 Å². The van der Waals surface area contributed by atoms with Crippen molar-refractivity contribution >= 4 is 17.4 Å². The standard InChI is InChI=1S/C31H25NO6/c1-19-15-22-16-21(12-13-26(22)37-19)29(33)27-28(32(31(35)30(27)34)18-25-11-6-14-36-25)20-7-5-10-24(17-20)38-23-8-3-2-4-9-23/h2-14,16-17,19,28,33H,15,18H2,1H3/t19-,28+/m0/s1. The van der Waals surface area contributed by atoms with Crippen molar-refractivity contribution in [2.24, 2.45) is 0 Å². The van der Waals surface area contributed by atoms with Gasteiger partial charge in [0.05, 0.1) is 24.4 Å². The maximum Gasteiger partial charge on any atom is 0.296 e. The van der Waals surface area contributed by atoms with Gasteiger partial charge in [-0.3, -0.25) is 9.59 Å². The fraction of sp³-hybridized carbons (Fsp3) is 0.161. The fourth-order valence-electron chi connectivity index (χ4n) is 5.06. The number of furan rings is 1. The van der Waals surface area contributed by atoms with E-state index in [9.17, 15) is 14.7 Å². The molecule has 0 aliphatic carbocycles. The first-order valence-electron chi connectivity index (χ1n) is 12.4. The molecule has 0 unspecified atom stereocenters. The SMILES string of the molecule is C[C@H]1Cc2cc(C(O)=C3C(=O)C(=O)N(Cc4ccco4)[C@@H]3c3cccc(Oc4ccccc4)c3)ccc2O1. The highest BCUT2D eigenvalue weighted by Crippen LogP contribution is 2.42. The van der Waals surface area contributed by atoms with Crippen LogP contribution in [-0.4, -0.2) is 27.8 Å². The summed E-state index contributed by atoms with van der Waals surface area (Å²) in [6, 6.07) is 24.5. The number of ether oxygens (including phenoxy) is 2. The van der Waals surface area contributed by atoms with E-state index in [1.54, 1.807) is 42.5 Å². The highest BCUT2D eigenvalue weighted by atomic mass is 16.5. The maximum atomic E-state index is 13.4. The lowest BCUT2D eigenvalue weighted by Gasteiger charge is -2.25. The van der Waals surface area contributed by atoms with Gasteiger partial charge in [-0.1, -0.05) is 30.3 Å². The van der Waals surface area contributed by atoms with Crippen molar-refractivity contribution in [3.05, 3.63) is 119 Å². The summed E-state index contributed by atoms with van der Waals surface area (Å²) in [5.41, 5.74) is 2.05.